The lowest BCUT2D eigenvalue weighted by Gasteiger charge is -2.35. The lowest BCUT2D eigenvalue weighted by molar-refractivity contribution is -0.0221. The Bertz CT molecular complexity index is 1310. The summed E-state index contributed by atoms with van der Waals surface area (Å²) in [6, 6.07) is 3.74. The Morgan fingerprint density at radius 2 is 1.72 bits per heavy atom. The van der Waals surface area contributed by atoms with Crippen LogP contribution in [0, 0.1) is 12.3 Å². The zero-order chi connectivity index (χ0) is 25.1. The average Bonchev–Trinajstić information content (AvgIpc) is 3.42. The molecule has 3 aliphatic rings. The maximum absolute atomic E-state index is 13.7. The van der Waals surface area contributed by atoms with Crippen LogP contribution in [0.25, 0.3) is 5.65 Å². The van der Waals surface area contributed by atoms with E-state index in [-0.39, 0.29) is 31.8 Å². The third kappa shape index (κ3) is 4.22. The summed E-state index contributed by atoms with van der Waals surface area (Å²) < 4.78 is 29.3. The number of carbonyl (C=O) groups is 1. The fourth-order valence-corrected chi connectivity index (χ4v) is 5.47. The van der Waals surface area contributed by atoms with E-state index >= 15 is 0 Å². The summed E-state index contributed by atoms with van der Waals surface area (Å²) in [6.45, 7) is 4.07. The number of rotatable bonds is 4. The predicted octanol–water partition coefficient (Wildman–Crippen LogP) is 4.49. The number of nitrogens with two attached hydrogens (primary N) is 1. The van der Waals surface area contributed by atoms with Crippen LogP contribution in [0.15, 0.2) is 30.7 Å². The highest BCUT2D eigenvalue weighted by molar-refractivity contribution is 6.08. The number of alkyl halides is 2. The topological polar surface area (TPSA) is 91.8 Å². The summed E-state index contributed by atoms with van der Waals surface area (Å²) in [7, 11) is 0. The number of hydrogen-bond acceptors (Lipinski definition) is 6. The monoisotopic (exact) mass is 495 g/mol. The highest BCUT2D eigenvalue weighted by atomic mass is 19.3. The number of halogens is 2. The van der Waals surface area contributed by atoms with E-state index < -0.39 is 5.92 Å². The summed E-state index contributed by atoms with van der Waals surface area (Å²) in [4.78, 5) is 26.7. The van der Waals surface area contributed by atoms with Crippen molar-refractivity contribution in [2.24, 2.45) is 5.41 Å². The van der Waals surface area contributed by atoms with E-state index in [0.29, 0.717) is 33.9 Å². The molecule has 0 atom stereocenters. The van der Waals surface area contributed by atoms with E-state index in [9.17, 15) is 13.6 Å². The van der Waals surface area contributed by atoms with Gasteiger partial charge in [0.25, 0.3) is 11.8 Å². The second-order valence-corrected chi connectivity index (χ2v) is 10.6. The molecule has 0 radical (unpaired) electrons. The van der Waals surface area contributed by atoms with Gasteiger partial charge in [-0.15, -0.1) is 0 Å². The maximum Gasteiger partial charge on any atom is 0.258 e. The van der Waals surface area contributed by atoms with Crippen LogP contribution >= 0.6 is 0 Å². The number of piperidine rings is 2. The molecule has 4 heterocycles. The van der Waals surface area contributed by atoms with E-state index in [4.69, 9.17) is 5.73 Å². The van der Waals surface area contributed by atoms with Gasteiger partial charge in [-0.05, 0) is 55.7 Å². The molecule has 1 spiro atoms. The molecule has 10 heteroatoms. The van der Waals surface area contributed by atoms with Crippen molar-refractivity contribution in [3.05, 3.63) is 41.9 Å². The van der Waals surface area contributed by atoms with Gasteiger partial charge in [0.15, 0.2) is 17.3 Å². The molecule has 36 heavy (non-hydrogen) atoms. The minimum Gasteiger partial charge on any atom is -0.398 e. The summed E-state index contributed by atoms with van der Waals surface area (Å²) >= 11 is 0. The third-order valence-corrected chi connectivity index (χ3v) is 8.14. The molecule has 3 N–H and O–H groups in total. The number of hydrogen-bond donors (Lipinski definition) is 2. The van der Waals surface area contributed by atoms with Crippen LogP contribution in [-0.2, 0) is 0 Å². The van der Waals surface area contributed by atoms with E-state index in [1.165, 1.54) is 12.8 Å². The first-order valence-electron chi connectivity index (χ1n) is 12.6. The normalized spacial score (nSPS) is 20.6. The van der Waals surface area contributed by atoms with Crippen molar-refractivity contribution in [3.8, 4) is 0 Å². The first-order chi connectivity index (χ1) is 17.2. The van der Waals surface area contributed by atoms with E-state index in [2.05, 4.69) is 20.2 Å². The number of nitrogens with zero attached hydrogens (tertiary/aromatic N) is 5. The minimum absolute atomic E-state index is 0.178. The van der Waals surface area contributed by atoms with Crippen molar-refractivity contribution in [3.63, 3.8) is 0 Å². The molecule has 6 rings (SSSR count). The maximum atomic E-state index is 13.7. The smallest absolute Gasteiger partial charge is 0.258 e. The Morgan fingerprint density at radius 3 is 2.42 bits per heavy atom. The molecule has 1 amide bonds. The predicted molar refractivity (Wildman–Crippen MR) is 136 cm³/mol. The van der Waals surface area contributed by atoms with Gasteiger partial charge in [-0.25, -0.2) is 18.7 Å². The number of benzene rings is 1. The quantitative estimate of drug-likeness (QED) is 0.519. The standard InChI is InChI=1S/C26H31F2N7O/c1-17-14-18(20(15-19(17)29)33-9-4-25(2-3-25)5-10-33)24(36)32-21-16-35-13-8-30-22(35)23(31-21)34-11-6-26(27,28)7-12-34/h8,13-16H,2-7,9-12,29H2,1H3,(H,32,36). The second kappa shape index (κ2) is 8.31. The Kier molecular flexibility index (Phi) is 5.31. The molecule has 3 aromatic rings. The number of amides is 1. The van der Waals surface area contributed by atoms with Gasteiger partial charge < -0.3 is 25.3 Å². The highest BCUT2D eigenvalue weighted by Crippen LogP contribution is 2.54. The van der Waals surface area contributed by atoms with Gasteiger partial charge in [0.2, 0.25) is 0 Å². The number of aromatic nitrogens is 3. The summed E-state index contributed by atoms with van der Waals surface area (Å²) in [5, 5.41) is 2.95. The average molecular weight is 496 g/mol. The number of fused-ring (bicyclic) bond motifs is 1. The van der Waals surface area contributed by atoms with Gasteiger partial charge >= 0.3 is 0 Å². The first kappa shape index (κ1) is 23.0. The summed E-state index contributed by atoms with van der Waals surface area (Å²) in [5.74, 6) is -2.10. The van der Waals surface area contributed by atoms with Crippen molar-refractivity contribution in [2.45, 2.75) is 51.4 Å². The van der Waals surface area contributed by atoms with Crippen molar-refractivity contribution in [1.82, 2.24) is 14.4 Å². The molecule has 0 unspecified atom stereocenters. The number of imidazole rings is 1. The molecule has 1 aromatic carbocycles. The van der Waals surface area contributed by atoms with Gasteiger partial charge in [0.05, 0.1) is 17.4 Å². The van der Waals surface area contributed by atoms with Crippen LogP contribution < -0.4 is 20.9 Å². The molecule has 3 fully saturated rings. The van der Waals surface area contributed by atoms with Gasteiger partial charge in [-0.3, -0.25) is 4.79 Å². The van der Waals surface area contributed by atoms with Crippen LogP contribution in [0.3, 0.4) is 0 Å². The number of nitrogens with one attached hydrogen (secondary N) is 1. The van der Waals surface area contributed by atoms with Crippen LogP contribution in [0.1, 0.15) is 54.4 Å². The van der Waals surface area contributed by atoms with Gasteiger partial charge in [-0.2, -0.15) is 0 Å². The van der Waals surface area contributed by atoms with Crippen LogP contribution in [0.2, 0.25) is 0 Å². The van der Waals surface area contributed by atoms with E-state index in [1.807, 2.05) is 24.0 Å². The Labute approximate surface area is 208 Å². The summed E-state index contributed by atoms with van der Waals surface area (Å²) in [5.41, 5.74) is 10.2. The van der Waals surface area contributed by atoms with Crippen molar-refractivity contribution < 1.29 is 13.6 Å². The van der Waals surface area contributed by atoms with Gasteiger partial charge in [0, 0.05) is 57.1 Å². The Balaban J connectivity index is 1.29. The molecular formula is C26H31F2N7O. The number of carbonyl (C=O) groups excluding carboxylic acids is 1. The summed E-state index contributed by atoms with van der Waals surface area (Å²) in [6.07, 6.45) is 9.52. The van der Waals surface area contributed by atoms with Crippen LogP contribution in [0.5, 0.6) is 0 Å². The molecule has 1 saturated carbocycles. The SMILES string of the molecule is Cc1cc(C(=O)Nc2cn3ccnc3c(N3CCC(F)(F)CC3)n2)c(N2CCC3(CC2)CC3)cc1N. The zero-order valence-electron chi connectivity index (χ0n) is 20.4. The minimum atomic E-state index is -2.66. The first-order valence-corrected chi connectivity index (χ1v) is 12.6. The fraction of sp³-hybridized carbons (Fsp3) is 0.500. The van der Waals surface area contributed by atoms with E-state index in [0.717, 1.165) is 37.2 Å². The van der Waals surface area contributed by atoms with Gasteiger partial charge in [-0.1, -0.05) is 0 Å². The highest BCUT2D eigenvalue weighted by Gasteiger charge is 2.44. The lowest BCUT2D eigenvalue weighted by Crippen LogP contribution is -2.40. The fourth-order valence-electron chi connectivity index (χ4n) is 5.47. The molecule has 0 bridgehead atoms. The molecule has 190 valence electrons. The zero-order valence-corrected chi connectivity index (χ0v) is 20.4. The van der Waals surface area contributed by atoms with E-state index in [1.54, 1.807) is 23.0 Å². The number of anilines is 4. The molecule has 1 aliphatic carbocycles. The van der Waals surface area contributed by atoms with Crippen molar-refractivity contribution in [2.75, 3.05) is 47.0 Å². The molecule has 2 saturated heterocycles. The Hall–Kier alpha value is -3.43. The molecular weight excluding hydrogens is 464 g/mol. The van der Waals surface area contributed by atoms with Crippen molar-refractivity contribution in [1.29, 1.82) is 0 Å². The van der Waals surface area contributed by atoms with Crippen molar-refractivity contribution >= 4 is 34.6 Å². The molecule has 8 nitrogen and oxygen atoms in total. The Morgan fingerprint density at radius 1 is 1.03 bits per heavy atom. The number of aryl methyl sites for hydroxylation is 1. The molecule has 2 aliphatic heterocycles. The number of nitrogen functional groups attached to an aromatic ring is 1. The van der Waals surface area contributed by atoms with Gasteiger partial charge in [0.1, 0.15) is 0 Å². The lowest BCUT2D eigenvalue weighted by atomic mass is 9.92. The largest absolute Gasteiger partial charge is 0.398 e. The molecule has 2 aromatic heterocycles. The third-order valence-electron chi connectivity index (χ3n) is 8.14. The van der Waals surface area contributed by atoms with Crippen LogP contribution in [-0.4, -0.2) is 52.4 Å². The van der Waals surface area contributed by atoms with Crippen LogP contribution in [0.4, 0.5) is 31.8 Å². The second-order valence-electron chi connectivity index (χ2n) is 10.6.